The van der Waals surface area contributed by atoms with E-state index in [-0.39, 0.29) is 6.10 Å². The Morgan fingerprint density at radius 3 is 3.10 bits per heavy atom. The van der Waals surface area contributed by atoms with E-state index in [2.05, 4.69) is 12.2 Å². The quantitative estimate of drug-likeness (QED) is 0.897. The highest BCUT2D eigenvalue weighted by molar-refractivity contribution is 7.11. The molecule has 0 amide bonds. The maximum Gasteiger partial charge on any atom is 0.107 e. The van der Waals surface area contributed by atoms with E-state index in [9.17, 15) is 5.11 Å². The van der Waals surface area contributed by atoms with Crippen LogP contribution in [-0.2, 0) is 19.4 Å². The van der Waals surface area contributed by atoms with Gasteiger partial charge in [-0.2, -0.15) is 0 Å². The van der Waals surface area contributed by atoms with Crippen LogP contribution in [0.3, 0.4) is 0 Å². The molecule has 3 unspecified atom stereocenters. The normalized spacial score (nSPS) is 30.2. The van der Waals surface area contributed by atoms with Crippen molar-refractivity contribution < 1.29 is 5.11 Å². The van der Waals surface area contributed by atoms with Crippen molar-refractivity contribution in [3.05, 3.63) is 15.6 Å². The van der Waals surface area contributed by atoms with Crippen LogP contribution < -0.4 is 5.32 Å². The van der Waals surface area contributed by atoms with Gasteiger partial charge in [0, 0.05) is 11.4 Å². The molecule has 1 saturated carbocycles. The number of nitrogens with one attached hydrogen (secondary N) is 1. The summed E-state index contributed by atoms with van der Waals surface area (Å²) in [5.41, 5.74) is 1.36. The fourth-order valence-electron chi connectivity index (χ4n) is 3.50. The molecule has 112 valence electrons. The minimum absolute atomic E-state index is 0.0655. The fourth-order valence-corrected chi connectivity index (χ4v) is 4.75. The largest absolute Gasteiger partial charge is 0.393 e. The predicted molar refractivity (Wildman–Crippen MR) is 83.0 cm³/mol. The molecule has 0 bridgehead atoms. The number of hydrogen-bond donors (Lipinski definition) is 2. The Balaban J connectivity index is 1.47. The molecular formula is C16H26N2OS. The number of nitrogens with zero attached hydrogens (tertiary/aromatic N) is 1. The number of fused-ring (bicyclic) bond motifs is 1. The summed E-state index contributed by atoms with van der Waals surface area (Å²) in [5.74, 6) is 1.47. The van der Waals surface area contributed by atoms with Gasteiger partial charge in [-0.05, 0) is 56.9 Å². The average Bonchev–Trinajstić information content (AvgIpc) is 2.80. The van der Waals surface area contributed by atoms with Crippen molar-refractivity contribution in [2.75, 3.05) is 6.54 Å². The highest BCUT2D eigenvalue weighted by atomic mass is 32.1. The minimum Gasteiger partial charge on any atom is -0.393 e. The summed E-state index contributed by atoms with van der Waals surface area (Å²) >= 11 is 1.90. The van der Waals surface area contributed by atoms with E-state index in [1.54, 1.807) is 0 Å². The second-order valence-corrected chi connectivity index (χ2v) is 7.81. The predicted octanol–water partition coefficient (Wildman–Crippen LogP) is 2.91. The molecule has 0 aliphatic heterocycles. The molecule has 2 N–H and O–H groups in total. The van der Waals surface area contributed by atoms with Crippen LogP contribution in [0.1, 0.15) is 54.6 Å². The Morgan fingerprint density at radius 2 is 2.25 bits per heavy atom. The Hall–Kier alpha value is -0.450. The van der Waals surface area contributed by atoms with Gasteiger partial charge in [0.2, 0.25) is 0 Å². The molecule has 0 saturated heterocycles. The summed E-state index contributed by atoms with van der Waals surface area (Å²) in [7, 11) is 0. The van der Waals surface area contributed by atoms with Gasteiger partial charge in [0.25, 0.3) is 0 Å². The molecule has 0 aromatic carbocycles. The van der Waals surface area contributed by atoms with E-state index in [4.69, 9.17) is 4.98 Å². The van der Waals surface area contributed by atoms with E-state index < -0.39 is 0 Å². The lowest BCUT2D eigenvalue weighted by atomic mass is 9.87. The fraction of sp³-hybridized carbons (Fsp3) is 0.812. The van der Waals surface area contributed by atoms with Gasteiger partial charge in [0.05, 0.1) is 11.8 Å². The number of aliphatic hydroxyl groups excluding tert-OH is 1. The number of aromatic nitrogens is 1. The molecule has 0 radical (unpaired) electrons. The van der Waals surface area contributed by atoms with Gasteiger partial charge >= 0.3 is 0 Å². The first kappa shape index (κ1) is 14.5. The molecule has 1 aromatic heterocycles. The third-order valence-corrected chi connectivity index (χ3v) is 5.81. The number of aryl methyl sites for hydroxylation is 1. The van der Waals surface area contributed by atoms with Gasteiger partial charge in [-0.3, -0.25) is 0 Å². The van der Waals surface area contributed by atoms with E-state index >= 15 is 0 Å². The van der Waals surface area contributed by atoms with Crippen LogP contribution in [-0.4, -0.2) is 22.7 Å². The number of aliphatic hydroxyl groups is 1. The lowest BCUT2D eigenvalue weighted by Crippen LogP contribution is -2.28. The Labute approximate surface area is 125 Å². The maximum atomic E-state index is 9.69. The first-order valence-corrected chi connectivity index (χ1v) is 8.88. The molecule has 20 heavy (non-hydrogen) atoms. The molecule has 3 nitrogen and oxygen atoms in total. The van der Waals surface area contributed by atoms with Crippen molar-refractivity contribution in [2.24, 2.45) is 11.8 Å². The van der Waals surface area contributed by atoms with Crippen molar-refractivity contribution >= 4 is 11.3 Å². The topological polar surface area (TPSA) is 45.2 Å². The van der Waals surface area contributed by atoms with Crippen LogP contribution in [0, 0.1) is 11.8 Å². The standard InChI is InChI=1S/C16H26N2OS/c1-11-5-6-14-15(7-11)20-16(18-14)10-17-9-12-3-2-4-13(19)8-12/h11-13,17,19H,2-10H2,1H3. The molecule has 1 aromatic rings. The van der Waals surface area contributed by atoms with Crippen LogP contribution in [0.25, 0.3) is 0 Å². The third kappa shape index (κ3) is 3.60. The van der Waals surface area contributed by atoms with Crippen LogP contribution in [0.5, 0.6) is 0 Å². The van der Waals surface area contributed by atoms with Gasteiger partial charge in [-0.15, -0.1) is 11.3 Å². The van der Waals surface area contributed by atoms with Crippen LogP contribution in [0.4, 0.5) is 0 Å². The lowest BCUT2D eigenvalue weighted by Gasteiger charge is -2.25. The Morgan fingerprint density at radius 1 is 1.35 bits per heavy atom. The molecule has 1 fully saturated rings. The minimum atomic E-state index is -0.0655. The van der Waals surface area contributed by atoms with Gasteiger partial charge < -0.3 is 10.4 Å². The molecule has 3 atom stereocenters. The molecule has 4 heteroatoms. The first-order valence-electron chi connectivity index (χ1n) is 8.07. The van der Waals surface area contributed by atoms with E-state index in [0.29, 0.717) is 5.92 Å². The summed E-state index contributed by atoms with van der Waals surface area (Å²) in [6.07, 6.45) is 8.02. The van der Waals surface area contributed by atoms with Crippen molar-refractivity contribution in [2.45, 2.75) is 64.5 Å². The number of rotatable bonds is 4. The molecule has 0 spiro atoms. The van der Waals surface area contributed by atoms with Crippen LogP contribution >= 0.6 is 11.3 Å². The number of thiazole rings is 1. The summed E-state index contributed by atoms with van der Waals surface area (Å²) in [6.45, 7) is 4.27. The SMILES string of the molecule is CC1CCc2nc(CNCC3CCCC(O)C3)sc2C1. The summed E-state index contributed by atoms with van der Waals surface area (Å²) in [6, 6.07) is 0. The molecule has 1 heterocycles. The summed E-state index contributed by atoms with van der Waals surface area (Å²) in [5, 5.41) is 14.5. The zero-order valence-corrected chi connectivity index (χ0v) is 13.2. The van der Waals surface area contributed by atoms with Crippen molar-refractivity contribution in [1.82, 2.24) is 10.3 Å². The smallest absolute Gasteiger partial charge is 0.107 e. The van der Waals surface area contributed by atoms with Crippen LogP contribution in [0.2, 0.25) is 0 Å². The van der Waals surface area contributed by atoms with Crippen molar-refractivity contribution in [1.29, 1.82) is 0 Å². The van der Waals surface area contributed by atoms with Gasteiger partial charge in [-0.25, -0.2) is 4.98 Å². The summed E-state index contributed by atoms with van der Waals surface area (Å²) < 4.78 is 0. The third-order valence-electron chi connectivity index (χ3n) is 4.69. The second kappa shape index (κ2) is 6.54. The molecule has 2 aliphatic carbocycles. The maximum absolute atomic E-state index is 9.69. The van der Waals surface area contributed by atoms with Crippen molar-refractivity contribution in [3.63, 3.8) is 0 Å². The van der Waals surface area contributed by atoms with Crippen molar-refractivity contribution in [3.8, 4) is 0 Å². The zero-order chi connectivity index (χ0) is 13.9. The Kier molecular flexibility index (Phi) is 4.74. The summed E-state index contributed by atoms with van der Waals surface area (Å²) in [4.78, 5) is 6.31. The van der Waals surface area contributed by atoms with Gasteiger partial charge in [0.1, 0.15) is 5.01 Å². The van der Waals surface area contributed by atoms with Gasteiger partial charge in [-0.1, -0.05) is 13.3 Å². The molecule has 3 rings (SSSR count). The van der Waals surface area contributed by atoms with E-state index in [0.717, 1.165) is 31.8 Å². The van der Waals surface area contributed by atoms with Crippen LogP contribution in [0.15, 0.2) is 0 Å². The highest BCUT2D eigenvalue weighted by Crippen LogP contribution is 2.30. The average molecular weight is 294 g/mol. The second-order valence-electron chi connectivity index (χ2n) is 6.64. The molecule has 2 aliphatic rings. The first-order chi connectivity index (χ1) is 9.70. The zero-order valence-electron chi connectivity index (χ0n) is 12.4. The monoisotopic (exact) mass is 294 g/mol. The number of hydrogen-bond acceptors (Lipinski definition) is 4. The van der Waals surface area contributed by atoms with Gasteiger partial charge in [0.15, 0.2) is 0 Å². The van der Waals surface area contributed by atoms with E-state index in [1.165, 1.54) is 47.7 Å². The Bertz CT molecular complexity index is 446. The van der Waals surface area contributed by atoms with E-state index in [1.807, 2.05) is 11.3 Å². The highest BCUT2D eigenvalue weighted by Gasteiger charge is 2.21. The lowest BCUT2D eigenvalue weighted by molar-refractivity contribution is 0.101. The molecular weight excluding hydrogens is 268 g/mol.